The highest BCUT2D eigenvalue weighted by Gasteiger charge is 2.06. The molecule has 0 N–H and O–H groups in total. The van der Waals surface area contributed by atoms with Crippen LogP contribution >= 0.6 is 23.2 Å². The normalized spacial score (nSPS) is 10.7. The lowest BCUT2D eigenvalue weighted by Crippen LogP contribution is -2.01. The first-order chi connectivity index (χ1) is 7.70. The van der Waals surface area contributed by atoms with Gasteiger partial charge in [-0.1, -0.05) is 23.7 Å². The average Bonchev–Trinajstić information content (AvgIpc) is 2.73. The van der Waals surface area contributed by atoms with Crippen LogP contribution in [0.4, 0.5) is 4.39 Å². The predicted octanol–water partition coefficient (Wildman–Crippen LogP) is 3.46. The standard InChI is InChI=1S/C11H9Cl2FN2/c12-4-8-5-15-16(6-8)7-9-2-1-3-10(14)11(9)13/h1-3,5-6H,4,7H2. The van der Waals surface area contributed by atoms with Crippen LogP contribution in [0.5, 0.6) is 0 Å². The molecule has 2 rings (SSSR count). The van der Waals surface area contributed by atoms with E-state index in [1.807, 2.05) is 6.20 Å². The minimum atomic E-state index is -0.413. The van der Waals surface area contributed by atoms with Crippen LogP contribution in [-0.4, -0.2) is 9.78 Å². The molecule has 84 valence electrons. The monoisotopic (exact) mass is 258 g/mol. The van der Waals surface area contributed by atoms with E-state index in [9.17, 15) is 4.39 Å². The van der Waals surface area contributed by atoms with E-state index in [2.05, 4.69) is 5.10 Å². The van der Waals surface area contributed by atoms with Crippen LogP contribution in [0.15, 0.2) is 30.6 Å². The lowest BCUT2D eigenvalue weighted by Gasteiger charge is -2.04. The Morgan fingerprint density at radius 1 is 1.38 bits per heavy atom. The molecular formula is C11H9Cl2FN2. The van der Waals surface area contributed by atoms with Crippen LogP contribution in [0.3, 0.4) is 0 Å². The minimum Gasteiger partial charge on any atom is -0.268 e. The van der Waals surface area contributed by atoms with Crippen LogP contribution in [-0.2, 0) is 12.4 Å². The van der Waals surface area contributed by atoms with Crippen molar-refractivity contribution in [1.29, 1.82) is 0 Å². The zero-order chi connectivity index (χ0) is 11.5. The van der Waals surface area contributed by atoms with Gasteiger partial charge in [-0.2, -0.15) is 5.10 Å². The maximum atomic E-state index is 13.2. The van der Waals surface area contributed by atoms with Crippen molar-refractivity contribution in [2.75, 3.05) is 0 Å². The fourth-order valence-electron chi connectivity index (χ4n) is 1.41. The van der Waals surface area contributed by atoms with E-state index in [4.69, 9.17) is 23.2 Å². The SMILES string of the molecule is Fc1cccc(Cn2cc(CCl)cn2)c1Cl. The molecule has 0 radical (unpaired) electrons. The van der Waals surface area contributed by atoms with E-state index in [1.165, 1.54) is 6.07 Å². The third-order valence-corrected chi connectivity index (χ3v) is 2.94. The molecule has 0 aliphatic heterocycles. The maximum absolute atomic E-state index is 13.2. The number of aromatic nitrogens is 2. The van der Waals surface area contributed by atoms with Crippen LogP contribution < -0.4 is 0 Å². The van der Waals surface area contributed by atoms with Crippen LogP contribution in [0.2, 0.25) is 5.02 Å². The summed E-state index contributed by atoms with van der Waals surface area (Å²) in [6.07, 6.45) is 3.49. The topological polar surface area (TPSA) is 17.8 Å². The van der Waals surface area contributed by atoms with Crippen molar-refractivity contribution >= 4 is 23.2 Å². The Labute approximate surface area is 103 Å². The molecule has 0 aliphatic carbocycles. The fourth-order valence-corrected chi connectivity index (χ4v) is 1.73. The zero-order valence-electron chi connectivity index (χ0n) is 8.33. The molecular weight excluding hydrogens is 250 g/mol. The minimum absolute atomic E-state index is 0.144. The quantitative estimate of drug-likeness (QED) is 0.772. The first kappa shape index (κ1) is 11.4. The number of benzene rings is 1. The highest BCUT2D eigenvalue weighted by Crippen LogP contribution is 2.20. The van der Waals surface area contributed by atoms with Gasteiger partial charge in [0.2, 0.25) is 0 Å². The van der Waals surface area contributed by atoms with Crippen LogP contribution in [0, 0.1) is 5.82 Å². The van der Waals surface area contributed by atoms with Gasteiger partial charge in [-0.25, -0.2) is 4.39 Å². The summed E-state index contributed by atoms with van der Waals surface area (Å²) in [5.74, 6) is 0.000509. The molecule has 0 unspecified atom stereocenters. The molecule has 0 fully saturated rings. The van der Waals surface area contributed by atoms with E-state index < -0.39 is 5.82 Å². The molecule has 0 saturated heterocycles. The predicted molar refractivity (Wildman–Crippen MR) is 62.3 cm³/mol. The molecule has 16 heavy (non-hydrogen) atoms. The summed E-state index contributed by atoms with van der Waals surface area (Å²) in [5.41, 5.74) is 1.63. The van der Waals surface area contributed by atoms with Crippen molar-refractivity contribution in [3.05, 3.63) is 52.6 Å². The van der Waals surface area contributed by atoms with Crippen molar-refractivity contribution in [1.82, 2.24) is 9.78 Å². The largest absolute Gasteiger partial charge is 0.268 e. The smallest absolute Gasteiger partial charge is 0.142 e. The van der Waals surface area contributed by atoms with Gasteiger partial charge in [-0.3, -0.25) is 4.68 Å². The molecule has 5 heteroatoms. The fraction of sp³-hybridized carbons (Fsp3) is 0.182. The first-order valence-corrected chi connectivity index (χ1v) is 5.62. The number of halogens is 3. The first-order valence-electron chi connectivity index (χ1n) is 4.71. The van der Waals surface area contributed by atoms with E-state index >= 15 is 0 Å². The lowest BCUT2D eigenvalue weighted by atomic mass is 10.2. The van der Waals surface area contributed by atoms with Crippen LogP contribution in [0.25, 0.3) is 0 Å². The number of alkyl halides is 1. The Morgan fingerprint density at radius 2 is 2.19 bits per heavy atom. The Morgan fingerprint density at radius 3 is 2.88 bits per heavy atom. The Hall–Kier alpha value is -1.06. The van der Waals surface area contributed by atoms with Crippen molar-refractivity contribution < 1.29 is 4.39 Å². The second kappa shape index (κ2) is 4.85. The molecule has 0 atom stereocenters. The van der Waals surface area contributed by atoms with Crippen molar-refractivity contribution in [2.24, 2.45) is 0 Å². The average molecular weight is 259 g/mol. The van der Waals surface area contributed by atoms with Gasteiger partial charge in [-0.05, 0) is 11.6 Å². The van der Waals surface area contributed by atoms with E-state index in [1.54, 1.807) is 23.0 Å². The number of hydrogen-bond donors (Lipinski definition) is 0. The molecule has 0 aliphatic rings. The van der Waals surface area contributed by atoms with E-state index in [0.29, 0.717) is 18.0 Å². The Kier molecular flexibility index (Phi) is 3.46. The van der Waals surface area contributed by atoms with Crippen molar-refractivity contribution in [3.63, 3.8) is 0 Å². The molecule has 0 spiro atoms. The third kappa shape index (κ3) is 2.36. The molecule has 2 aromatic rings. The highest BCUT2D eigenvalue weighted by molar-refractivity contribution is 6.31. The number of nitrogens with zero attached hydrogens (tertiary/aromatic N) is 2. The molecule has 1 heterocycles. The van der Waals surface area contributed by atoms with Gasteiger partial charge >= 0.3 is 0 Å². The summed E-state index contributed by atoms with van der Waals surface area (Å²) in [6.45, 7) is 0.438. The van der Waals surface area contributed by atoms with Crippen molar-refractivity contribution in [2.45, 2.75) is 12.4 Å². The molecule has 1 aromatic carbocycles. The summed E-state index contributed by atoms with van der Waals surface area (Å²) in [6, 6.07) is 4.73. The highest BCUT2D eigenvalue weighted by atomic mass is 35.5. The molecule has 0 amide bonds. The molecule has 1 aromatic heterocycles. The Balaban J connectivity index is 2.23. The molecule has 0 saturated carbocycles. The zero-order valence-corrected chi connectivity index (χ0v) is 9.84. The summed E-state index contributed by atoms with van der Waals surface area (Å²) >= 11 is 11.5. The second-order valence-electron chi connectivity index (χ2n) is 3.39. The van der Waals surface area contributed by atoms with Crippen molar-refractivity contribution in [3.8, 4) is 0 Å². The number of rotatable bonds is 3. The van der Waals surface area contributed by atoms with Gasteiger partial charge in [0.25, 0.3) is 0 Å². The van der Waals surface area contributed by atoms with E-state index in [0.717, 1.165) is 5.56 Å². The number of hydrogen-bond acceptors (Lipinski definition) is 1. The van der Waals surface area contributed by atoms with Gasteiger partial charge < -0.3 is 0 Å². The summed E-state index contributed by atoms with van der Waals surface area (Å²) in [5, 5.41) is 4.25. The molecule has 2 nitrogen and oxygen atoms in total. The van der Waals surface area contributed by atoms with Gasteiger partial charge in [0, 0.05) is 11.8 Å². The van der Waals surface area contributed by atoms with Gasteiger partial charge in [-0.15, -0.1) is 11.6 Å². The maximum Gasteiger partial charge on any atom is 0.142 e. The third-order valence-electron chi connectivity index (χ3n) is 2.20. The summed E-state index contributed by atoms with van der Waals surface area (Å²) < 4.78 is 14.8. The van der Waals surface area contributed by atoms with Gasteiger partial charge in [0.05, 0.1) is 23.6 Å². The van der Waals surface area contributed by atoms with E-state index in [-0.39, 0.29) is 5.02 Å². The van der Waals surface area contributed by atoms with Gasteiger partial charge in [0.1, 0.15) is 5.82 Å². The van der Waals surface area contributed by atoms with Gasteiger partial charge in [0.15, 0.2) is 0 Å². The second-order valence-corrected chi connectivity index (χ2v) is 4.04. The summed E-state index contributed by atoms with van der Waals surface area (Å²) in [7, 11) is 0. The summed E-state index contributed by atoms with van der Waals surface area (Å²) in [4.78, 5) is 0. The lowest BCUT2D eigenvalue weighted by molar-refractivity contribution is 0.620. The van der Waals surface area contributed by atoms with Crippen LogP contribution in [0.1, 0.15) is 11.1 Å². The Bertz CT molecular complexity index is 496. The molecule has 0 bridgehead atoms.